The Labute approximate surface area is 201 Å². The first-order valence-electron chi connectivity index (χ1n) is 12.6. The Kier molecular flexibility index (Phi) is 6.90. The quantitative estimate of drug-likeness (QED) is 0.673. The van der Waals surface area contributed by atoms with Crippen LogP contribution in [0.25, 0.3) is 0 Å². The van der Waals surface area contributed by atoms with E-state index >= 15 is 0 Å². The van der Waals surface area contributed by atoms with Crippen LogP contribution in [0.15, 0.2) is 34.7 Å². The number of para-hydroxylation sites is 1. The number of rotatable bonds is 5. The van der Waals surface area contributed by atoms with Gasteiger partial charge in [-0.25, -0.2) is 0 Å². The average Bonchev–Trinajstić information content (AvgIpc) is 3.21. The van der Waals surface area contributed by atoms with Gasteiger partial charge in [0.2, 0.25) is 5.91 Å². The number of hydrogen-bond donors (Lipinski definition) is 0. The number of aryl methyl sites for hydroxylation is 2. The number of benzene rings is 1. The van der Waals surface area contributed by atoms with Crippen molar-refractivity contribution in [1.82, 2.24) is 9.80 Å². The Bertz CT molecular complexity index is 1010. The predicted molar refractivity (Wildman–Crippen MR) is 127 cm³/mol. The summed E-state index contributed by atoms with van der Waals surface area (Å²) in [5.74, 6) is 2.58. The highest BCUT2D eigenvalue weighted by Crippen LogP contribution is 2.33. The third-order valence-corrected chi connectivity index (χ3v) is 7.34. The predicted octanol–water partition coefficient (Wildman–Crippen LogP) is 3.63. The summed E-state index contributed by atoms with van der Waals surface area (Å²) in [6, 6.07) is 9.75. The third kappa shape index (κ3) is 4.85. The molecule has 1 aromatic carbocycles. The molecule has 3 heterocycles. The van der Waals surface area contributed by atoms with E-state index in [1.807, 2.05) is 47.1 Å². The number of hydrogen-bond acceptors (Lipinski definition) is 5. The standard InChI is InChI=1S/C27H34N2O5/c1-19-26(22-9-5-6-10-24(22)33-19)27(31)29-12-11-23(34-21-7-3-2-4-8-21)20(18-29)17-25(30)28-13-15-32-16-14-28/h2-4,7-8,20,23H,5-6,9-18H2,1H3/t20-,23-/m0/s1. The zero-order chi connectivity index (χ0) is 23.5. The van der Waals surface area contributed by atoms with Crippen molar-refractivity contribution in [2.45, 2.75) is 51.6 Å². The van der Waals surface area contributed by atoms with Crippen LogP contribution in [0.4, 0.5) is 0 Å². The first-order chi connectivity index (χ1) is 16.6. The van der Waals surface area contributed by atoms with E-state index in [1.54, 1.807) is 0 Å². The molecule has 5 rings (SSSR count). The Balaban J connectivity index is 1.34. The SMILES string of the molecule is Cc1oc2c(c1C(=O)N1CC[C@H](Oc3ccccc3)[C@@H](CC(=O)N3CCOCC3)C1)CCCC2. The van der Waals surface area contributed by atoms with Crippen LogP contribution in [0.2, 0.25) is 0 Å². The first-order valence-corrected chi connectivity index (χ1v) is 12.6. The molecule has 0 radical (unpaired) electrons. The van der Waals surface area contributed by atoms with Crippen LogP contribution in [0, 0.1) is 12.8 Å². The number of furan rings is 1. The van der Waals surface area contributed by atoms with Gasteiger partial charge in [-0.1, -0.05) is 18.2 Å². The molecule has 0 saturated carbocycles. The molecule has 2 fully saturated rings. The molecule has 0 N–H and O–H groups in total. The molecular weight excluding hydrogens is 432 g/mol. The lowest BCUT2D eigenvalue weighted by Gasteiger charge is -2.39. The van der Waals surface area contributed by atoms with Crippen molar-refractivity contribution in [3.8, 4) is 5.75 Å². The Morgan fingerprint density at radius 1 is 1.03 bits per heavy atom. The van der Waals surface area contributed by atoms with E-state index in [1.165, 1.54) is 0 Å². The molecule has 0 bridgehead atoms. The van der Waals surface area contributed by atoms with Crippen LogP contribution >= 0.6 is 0 Å². The number of nitrogens with zero attached hydrogens (tertiary/aromatic N) is 2. The van der Waals surface area contributed by atoms with Crippen LogP contribution < -0.4 is 4.74 Å². The smallest absolute Gasteiger partial charge is 0.257 e. The number of carbonyl (C=O) groups excluding carboxylic acids is 2. The summed E-state index contributed by atoms with van der Waals surface area (Å²) in [5, 5.41) is 0. The fourth-order valence-corrected chi connectivity index (χ4v) is 5.53. The second-order valence-electron chi connectivity index (χ2n) is 9.61. The molecule has 1 aliphatic carbocycles. The molecule has 2 saturated heterocycles. The zero-order valence-electron chi connectivity index (χ0n) is 20.0. The maximum Gasteiger partial charge on any atom is 0.257 e. The number of carbonyl (C=O) groups is 2. The number of fused-ring (bicyclic) bond motifs is 1. The highest BCUT2D eigenvalue weighted by atomic mass is 16.5. The Hall–Kier alpha value is -2.80. The molecule has 3 aliphatic rings. The minimum absolute atomic E-state index is 0.0337. The summed E-state index contributed by atoms with van der Waals surface area (Å²) in [6.07, 6.45) is 4.96. The van der Waals surface area contributed by atoms with E-state index in [-0.39, 0.29) is 23.8 Å². The van der Waals surface area contributed by atoms with Gasteiger partial charge < -0.3 is 23.7 Å². The Morgan fingerprint density at radius 2 is 1.79 bits per heavy atom. The molecule has 2 aromatic rings. The van der Waals surface area contributed by atoms with Gasteiger partial charge in [-0.3, -0.25) is 9.59 Å². The van der Waals surface area contributed by atoms with Crippen molar-refractivity contribution in [2.24, 2.45) is 5.92 Å². The van der Waals surface area contributed by atoms with E-state index in [4.69, 9.17) is 13.9 Å². The van der Waals surface area contributed by atoms with E-state index < -0.39 is 0 Å². The van der Waals surface area contributed by atoms with E-state index in [2.05, 4.69) is 0 Å². The average molecular weight is 467 g/mol. The van der Waals surface area contributed by atoms with Gasteiger partial charge in [0.05, 0.1) is 18.8 Å². The van der Waals surface area contributed by atoms with Gasteiger partial charge in [0.25, 0.3) is 5.91 Å². The Morgan fingerprint density at radius 3 is 2.59 bits per heavy atom. The lowest BCUT2D eigenvalue weighted by molar-refractivity contribution is -0.137. The topological polar surface area (TPSA) is 72.2 Å². The first kappa shape index (κ1) is 23.0. The fourth-order valence-electron chi connectivity index (χ4n) is 5.53. The molecule has 7 nitrogen and oxygen atoms in total. The summed E-state index contributed by atoms with van der Waals surface area (Å²) in [4.78, 5) is 30.6. The van der Waals surface area contributed by atoms with Crippen molar-refractivity contribution < 1.29 is 23.5 Å². The molecule has 0 spiro atoms. The third-order valence-electron chi connectivity index (χ3n) is 7.34. The van der Waals surface area contributed by atoms with Crippen LogP contribution in [0.5, 0.6) is 5.75 Å². The molecule has 34 heavy (non-hydrogen) atoms. The van der Waals surface area contributed by atoms with Gasteiger partial charge in [-0.2, -0.15) is 0 Å². The molecule has 7 heteroatoms. The summed E-state index contributed by atoms with van der Waals surface area (Å²) in [5.41, 5.74) is 1.84. The van der Waals surface area contributed by atoms with Crippen molar-refractivity contribution in [2.75, 3.05) is 39.4 Å². The van der Waals surface area contributed by atoms with Gasteiger partial charge in [0.1, 0.15) is 23.4 Å². The number of likely N-dealkylation sites (tertiary alicyclic amines) is 1. The monoisotopic (exact) mass is 466 g/mol. The van der Waals surface area contributed by atoms with Crippen LogP contribution in [0.3, 0.4) is 0 Å². The maximum atomic E-state index is 13.7. The van der Waals surface area contributed by atoms with Crippen LogP contribution in [-0.2, 0) is 22.4 Å². The molecule has 1 aromatic heterocycles. The van der Waals surface area contributed by atoms with Gasteiger partial charge >= 0.3 is 0 Å². The van der Waals surface area contributed by atoms with Crippen LogP contribution in [0.1, 0.15) is 53.1 Å². The molecule has 2 amide bonds. The summed E-state index contributed by atoms with van der Waals surface area (Å²) in [7, 11) is 0. The zero-order valence-corrected chi connectivity index (χ0v) is 20.0. The van der Waals surface area contributed by atoms with Crippen LogP contribution in [-0.4, -0.2) is 67.1 Å². The second-order valence-corrected chi connectivity index (χ2v) is 9.61. The summed E-state index contributed by atoms with van der Waals surface area (Å²) < 4.78 is 17.7. The number of amides is 2. The highest BCUT2D eigenvalue weighted by molar-refractivity contribution is 5.97. The highest BCUT2D eigenvalue weighted by Gasteiger charge is 2.37. The number of morpholine rings is 1. The molecular formula is C27H34N2O5. The van der Waals surface area contributed by atoms with Gasteiger partial charge in [0.15, 0.2) is 0 Å². The minimum atomic E-state index is -0.115. The lowest BCUT2D eigenvalue weighted by atomic mass is 9.89. The maximum absolute atomic E-state index is 13.7. The van der Waals surface area contributed by atoms with Crippen molar-refractivity contribution >= 4 is 11.8 Å². The van der Waals surface area contributed by atoms with Crippen molar-refractivity contribution in [3.05, 3.63) is 53.0 Å². The minimum Gasteiger partial charge on any atom is -0.490 e. The van der Waals surface area contributed by atoms with Gasteiger partial charge in [0, 0.05) is 56.9 Å². The molecule has 2 atom stereocenters. The van der Waals surface area contributed by atoms with Gasteiger partial charge in [-0.05, 0) is 38.3 Å². The molecule has 182 valence electrons. The second kappa shape index (κ2) is 10.2. The largest absolute Gasteiger partial charge is 0.490 e. The van der Waals surface area contributed by atoms with Crippen molar-refractivity contribution in [1.29, 1.82) is 0 Å². The van der Waals surface area contributed by atoms with E-state index in [0.29, 0.717) is 52.2 Å². The van der Waals surface area contributed by atoms with Crippen molar-refractivity contribution in [3.63, 3.8) is 0 Å². The van der Waals surface area contributed by atoms with E-state index in [0.717, 1.165) is 54.1 Å². The normalized spacial score (nSPS) is 22.9. The molecule has 0 unspecified atom stereocenters. The summed E-state index contributed by atoms with van der Waals surface area (Å²) in [6.45, 7) is 5.42. The van der Waals surface area contributed by atoms with Gasteiger partial charge in [-0.15, -0.1) is 0 Å². The summed E-state index contributed by atoms with van der Waals surface area (Å²) >= 11 is 0. The molecule has 2 aliphatic heterocycles. The lowest BCUT2D eigenvalue weighted by Crippen LogP contribution is -2.50. The number of ether oxygens (including phenoxy) is 2. The fraction of sp³-hybridized carbons (Fsp3) is 0.556. The number of piperidine rings is 1. The van der Waals surface area contributed by atoms with E-state index in [9.17, 15) is 9.59 Å².